The molecule has 4 heteroatoms. The summed E-state index contributed by atoms with van der Waals surface area (Å²) in [4.78, 5) is 2.53. The van der Waals surface area contributed by atoms with Gasteiger partial charge in [-0.15, -0.1) is 0 Å². The summed E-state index contributed by atoms with van der Waals surface area (Å²) >= 11 is 0. The van der Waals surface area contributed by atoms with Crippen LogP contribution in [0.5, 0.6) is 0 Å². The predicted octanol–water partition coefficient (Wildman–Crippen LogP) is 2.43. The van der Waals surface area contributed by atoms with Crippen LogP contribution in [0.15, 0.2) is 12.3 Å². The van der Waals surface area contributed by atoms with Crippen LogP contribution in [0.3, 0.4) is 0 Å². The Morgan fingerprint density at radius 3 is 3.00 bits per heavy atom. The van der Waals surface area contributed by atoms with Crippen LogP contribution in [-0.2, 0) is 6.54 Å². The Morgan fingerprint density at radius 1 is 1.47 bits per heavy atom. The molecular formula is C15H28N4. The van der Waals surface area contributed by atoms with Crippen LogP contribution in [0, 0.1) is 0 Å². The van der Waals surface area contributed by atoms with Crippen molar-refractivity contribution >= 4 is 0 Å². The topological polar surface area (TPSA) is 33.1 Å². The number of likely N-dealkylation sites (tertiary alicyclic amines) is 1. The lowest BCUT2D eigenvalue weighted by Gasteiger charge is -2.32. The van der Waals surface area contributed by atoms with E-state index in [1.54, 1.807) is 0 Å². The number of nitrogens with one attached hydrogen (secondary N) is 1. The van der Waals surface area contributed by atoms with Gasteiger partial charge in [0.05, 0.1) is 5.69 Å². The third-order valence-corrected chi connectivity index (χ3v) is 3.77. The molecule has 1 saturated heterocycles. The molecule has 19 heavy (non-hydrogen) atoms. The molecule has 1 unspecified atom stereocenters. The average Bonchev–Trinajstić information content (AvgIpc) is 2.85. The minimum Gasteiger partial charge on any atom is -0.313 e. The van der Waals surface area contributed by atoms with Crippen molar-refractivity contribution in [2.75, 3.05) is 19.6 Å². The SMILES string of the molecule is CCCNC1CCCN(Cc2ccn(C(C)C)n2)C1. The van der Waals surface area contributed by atoms with E-state index in [1.807, 2.05) is 4.68 Å². The van der Waals surface area contributed by atoms with Gasteiger partial charge in [-0.25, -0.2) is 0 Å². The molecule has 108 valence electrons. The maximum Gasteiger partial charge on any atom is 0.0764 e. The van der Waals surface area contributed by atoms with E-state index in [-0.39, 0.29) is 0 Å². The van der Waals surface area contributed by atoms with Gasteiger partial charge in [0.25, 0.3) is 0 Å². The quantitative estimate of drug-likeness (QED) is 0.856. The summed E-state index contributed by atoms with van der Waals surface area (Å²) in [6.07, 6.45) is 5.93. The fourth-order valence-corrected chi connectivity index (χ4v) is 2.69. The molecular weight excluding hydrogens is 236 g/mol. The maximum atomic E-state index is 4.65. The summed E-state index contributed by atoms with van der Waals surface area (Å²) in [6.45, 7) is 11.1. The van der Waals surface area contributed by atoms with Crippen molar-refractivity contribution in [2.45, 2.75) is 58.7 Å². The molecule has 0 amide bonds. The average molecular weight is 264 g/mol. The van der Waals surface area contributed by atoms with Crippen molar-refractivity contribution in [1.82, 2.24) is 20.0 Å². The van der Waals surface area contributed by atoms with Gasteiger partial charge in [0.15, 0.2) is 0 Å². The molecule has 1 aromatic rings. The maximum absolute atomic E-state index is 4.65. The first kappa shape index (κ1) is 14.5. The first-order valence-electron chi connectivity index (χ1n) is 7.68. The van der Waals surface area contributed by atoms with Gasteiger partial charge in [-0.1, -0.05) is 6.92 Å². The highest BCUT2D eigenvalue weighted by atomic mass is 15.3. The van der Waals surface area contributed by atoms with Crippen molar-refractivity contribution in [1.29, 1.82) is 0 Å². The van der Waals surface area contributed by atoms with Crippen LogP contribution in [0.25, 0.3) is 0 Å². The van der Waals surface area contributed by atoms with Crippen LogP contribution in [0.4, 0.5) is 0 Å². The van der Waals surface area contributed by atoms with E-state index in [9.17, 15) is 0 Å². The van der Waals surface area contributed by atoms with Crippen molar-refractivity contribution in [3.8, 4) is 0 Å². The molecule has 2 heterocycles. The minimum absolute atomic E-state index is 0.453. The number of hydrogen-bond donors (Lipinski definition) is 1. The van der Waals surface area contributed by atoms with Gasteiger partial charge in [0.2, 0.25) is 0 Å². The first-order valence-corrected chi connectivity index (χ1v) is 7.68. The second-order valence-corrected chi connectivity index (χ2v) is 5.91. The second-order valence-electron chi connectivity index (χ2n) is 5.91. The summed E-state index contributed by atoms with van der Waals surface area (Å²) in [5.74, 6) is 0. The monoisotopic (exact) mass is 264 g/mol. The van der Waals surface area contributed by atoms with Gasteiger partial charge in [-0.2, -0.15) is 5.10 Å². The lowest BCUT2D eigenvalue weighted by Crippen LogP contribution is -2.45. The smallest absolute Gasteiger partial charge is 0.0764 e. The Hall–Kier alpha value is -0.870. The highest BCUT2D eigenvalue weighted by Crippen LogP contribution is 2.13. The largest absolute Gasteiger partial charge is 0.313 e. The molecule has 1 aliphatic heterocycles. The molecule has 1 aromatic heterocycles. The molecule has 0 bridgehead atoms. The van der Waals surface area contributed by atoms with Gasteiger partial charge in [0, 0.05) is 31.4 Å². The fraction of sp³-hybridized carbons (Fsp3) is 0.800. The highest BCUT2D eigenvalue weighted by molar-refractivity contribution is 5.00. The Kier molecular flexibility index (Phi) is 5.40. The lowest BCUT2D eigenvalue weighted by atomic mass is 10.1. The van der Waals surface area contributed by atoms with Gasteiger partial charge in [-0.3, -0.25) is 9.58 Å². The van der Waals surface area contributed by atoms with Crippen molar-refractivity contribution < 1.29 is 0 Å². The molecule has 0 saturated carbocycles. The third kappa shape index (κ3) is 4.32. The third-order valence-electron chi connectivity index (χ3n) is 3.77. The van der Waals surface area contributed by atoms with E-state index in [0.29, 0.717) is 12.1 Å². The molecule has 1 fully saturated rings. The summed E-state index contributed by atoms with van der Waals surface area (Å²) in [5.41, 5.74) is 1.20. The van der Waals surface area contributed by atoms with Crippen molar-refractivity contribution in [3.63, 3.8) is 0 Å². The molecule has 0 radical (unpaired) electrons. The van der Waals surface area contributed by atoms with E-state index < -0.39 is 0 Å². The Morgan fingerprint density at radius 2 is 2.32 bits per heavy atom. The fourth-order valence-electron chi connectivity index (χ4n) is 2.69. The highest BCUT2D eigenvalue weighted by Gasteiger charge is 2.19. The van der Waals surface area contributed by atoms with Gasteiger partial charge in [0.1, 0.15) is 0 Å². The molecule has 0 aliphatic carbocycles. The zero-order chi connectivity index (χ0) is 13.7. The number of rotatable bonds is 6. The van der Waals surface area contributed by atoms with E-state index in [4.69, 9.17) is 0 Å². The Labute approximate surface area is 117 Å². The van der Waals surface area contributed by atoms with Gasteiger partial charge < -0.3 is 5.32 Å². The van der Waals surface area contributed by atoms with E-state index >= 15 is 0 Å². The van der Waals surface area contributed by atoms with Crippen molar-refractivity contribution in [3.05, 3.63) is 18.0 Å². The first-order chi connectivity index (χ1) is 9.19. The lowest BCUT2D eigenvalue weighted by molar-refractivity contribution is 0.181. The number of nitrogens with zero attached hydrogens (tertiary/aromatic N) is 3. The molecule has 1 aliphatic rings. The molecule has 1 atom stereocenters. The molecule has 4 nitrogen and oxygen atoms in total. The molecule has 1 N–H and O–H groups in total. The van der Waals surface area contributed by atoms with E-state index in [1.165, 1.54) is 31.5 Å². The summed E-state index contributed by atoms with van der Waals surface area (Å²) in [6, 6.07) is 3.28. The van der Waals surface area contributed by atoms with Gasteiger partial charge >= 0.3 is 0 Å². The number of aromatic nitrogens is 2. The van der Waals surface area contributed by atoms with Gasteiger partial charge in [-0.05, 0) is 52.3 Å². The predicted molar refractivity (Wildman–Crippen MR) is 79.2 cm³/mol. The Bertz CT molecular complexity index is 372. The minimum atomic E-state index is 0.453. The van der Waals surface area contributed by atoms with E-state index in [0.717, 1.165) is 19.6 Å². The molecule has 2 rings (SSSR count). The standard InChI is InChI=1S/C15H28N4/c1-4-8-16-14-6-5-9-18(11-14)12-15-7-10-19(17-15)13(2)3/h7,10,13-14,16H,4-6,8-9,11-12H2,1-3H3. The van der Waals surface area contributed by atoms with Crippen LogP contribution in [0.2, 0.25) is 0 Å². The summed E-state index contributed by atoms with van der Waals surface area (Å²) in [5, 5.41) is 8.29. The van der Waals surface area contributed by atoms with E-state index in [2.05, 4.69) is 48.3 Å². The summed E-state index contributed by atoms with van der Waals surface area (Å²) < 4.78 is 2.05. The van der Waals surface area contributed by atoms with Crippen LogP contribution >= 0.6 is 0 Å². The van der Waals surface area contributed by atoms with Crippen LogP contribution < -0.4 is 5.32 Å². The second kappa shape index (κ2) is 7.06. The molecule has 0 aromatic carbocycles. The van der Waals surface area contributed by atoms with Crippen LogP contribution in [-0.4, -0.2) is 40.4 Å². The zero-order valence-corrected chi connectivity index (χ0v) is 12.6. The molecule has 0 spiro atoms. The Balaban J connectivity index is 1.84. The normalized spacial score (nSPS) is 21.2. The summed E-state index contributed by atoms with van der Waals surface area (Å²) in [7, 11) is 0. The zero-order valence-electron chi connectivity index (χ0n) is 12.6. The number of hydrogen-bond acceptors (Lipinski definition) is 3. The number of piperidine rings is 1. The van der Waals surface area contributed by atoms with Crippen LogP contribution in [0.1, 0.15) is 51.8 Å². The van der Waals surface area contributed by atoms with Crippen molar-refractivity contribution in [2.24, 2.45) is 0 Å².